The maximum atomic E-state index is 12.0. The van der Waals surface area contributed by atoms with Crippen molar-refractivity contribution in [1.82, 2.24) is 15.0 Å². The third-order valence-electron chi connectivity index (χ3n) is 1.11. The van der Waals surface area contributed by atoms with E-state index in [1.54, 1.807) is 0 Å². The summed E-state index contributed by atoms with van der Waals surface area (Å²) in [6.45, 7) is 2.79. The fourth-order valence-electron chi connectivity index (χ4n) is 0.742. The summed E-state index contributed by atoms with van der Waals surface area (Å²) in [4.78, 5) is 9.94. The Balaban J connectivity index is 3.18. The van der Waals surface area contributed by atoms with E-state index in [-0.39, 0.29) is 11.6 Å². The van der Waals surface area contributed by atoms with Crippen LogP contribution >= 0.6 is 0 Å². The molecule has 0 fully saturated rings. The highest BCUT2D eigenvalue weighted by molar-refractivity contribution is 4.97. The number of rotatable bonds is 0. The van der Waals surface area contributed by atoms with Crippen LogP contribution < -0.4 is 0 Å². The molecule has 0 amide bonds. The van der Waals surface area contributed by atoms with Gasteiger partial charge < -0.3 is 0 Å². The van der Waals surface area contributed by atoms with Gasteiger partial charge in [-0.15, -0.1) is 0 Å². The Labute approximate surface area is 66.7 Å². The summed E-state index contributed by atoms with van der Waals surface area (Å²) < 4.78 is 36.0. The van der Waals surface area contributed by atoms with Crippen molar-refractivity contribution in [2.75, 3.05) is 0 Å². The Kier molecular flexibility index (Phi) is 1.99. The molecular formula is C6H6F3N3. The van der Waals surface area contributed by atoms with Gasteiger partial charge >= 0.3 is 6.18 Å². The molecule has 66 valence electrons. The molecule has 1 heterocycles. The van der Waals surface area contributed by atoms with E-state index in [9.17, 15) is 13.2 Å². The normalized spacial score (nSPS) is 11.8. The van der Waals surface area contributed by atoms with E-state index in [1.807, 2.05) is 0 Å². The van der Waals surface area contributed by atoms with Gasteiger partial charge in [0.1, 0.15) is 11.6 Å². The second kappa shape index (κ2) is 2.69. The second-order valence-electron chi connectivity index (χ2n) is 2.25. The average molecular weight is 177 g/mol. The van der Waals surface area contributed by atoms with Crippen molar-refractivity contribution < 1.29 is 13.2 Å². The standard InChI is InChI=1S/C6H6F3N3/c1-3-10-4(2)12-5(11-3)6(7,8)9/h1-2H3. The number of hydrogen-bond donors (Lipinski definition) is 0. The Hall–Kier alpha value is -1.20. The lowest BCUT2D eigenvalue weighted by atomic mass is 10.5. The molecule has 0 aliphatic carbocycles. The van der Waals surface area contributed by atoms with Crippen molar-refractivity contribution in [2.45, 2.75) is 20.0 Å². The summed E-state index contributed by atoms with van der Waals surface area (Å²) in [6.07, 6.45) is -4.49. The smallest absolute Gasteiger partial charge is 0.219 e. The van der Waals surface area contributed by atoms with Crippen LogP contribution in [0.25, 0.3) is 0 Å². The van der Waals surface area contributed by atoms with Gasteiger partial charge in [-0.3, -0.25) is 0 Å². The molecule has 0 aliphatic heterocycles. The van der Waals surface area contributed by atoms with Crippen molar-refractivity contribution in [2.24, 2.45) is 0 Å². The lowest BCUT2D eigenvalue weighted by Crippen LogP contribution is -2.13. The van der Waals surface area contributed by atoms with Crippen LogP contribution in [0.15, 0.2) is 0 Å². The first-order valence-corrected chi connectivity index (χ1v) is 3.16. The van der Waals surface area contributed by atoms with Crippen molar-refractivity contribution in [3.05, 3.63) is 17.5 Å². The van der Waals surface area contributed by atoms with E-state index < -0.39 is 12.0 Å². The van der Waals surface area contributed by atoms with Crippen LogP contribution in [0.4, 0.5) is 13.2 Å². The molecule has 0 saturated carbocycles. The van der Waals surface area contributed by atoms with Crippen LogP contribution in [0.2, 0.25) is 0 Å². The fraction of sp³-hybridized carbons (Fsp3) is 0.500. The Bertz CT molecular complexity index is 274. The summed E-state index contributed by atoms with van der Waals surface area (Å²) in [6, 6.07) is 0. The van der Waals surface area contributed by atoms with Crippen LogP contribution in [0.3, 0.4) is 0 Å². The van der Waals surface area contributed by atoms with E-state index in [0.717, 1.165) is 0 Å². The molecule has 0 radical (unpaired) electrons. The maximum absolute atomic E-state index is 12.0. The molecule has 0 atom stereocenters. The number of nitrogens with zero attached hydrogens (tertiary/aromatic N) is 3. The number of aromatic nitrogens is 3. The molecular weight excluding hydrogens is 171 g/mol. The molecule has 1 aromatic rings. The van der Waals surface area contributed by atoms with Crippen molar-refractivity contribution in [3.8, 4) is 0 Å². The Morgan fingerprint density at radius 2 is 1.33 bits per heavy atom. The monoisotopic (exact) mass is 177 g/mol. The van der Waals surface area contributed by atoms with Gasteiger partial charge in [-0.2, -0.15) is 13.2 Å². The highest BCUT2D eigenvalue weighted by Gasteiger charge is 2.35. The molecule has 0 aliphatic rings. The Morgan fingerprint density at radius 3 is 1.67 bits per heavy atom. The van der Waals surface area contributed by atoms with Gasteiger partial charge in [0.25, 0.3) is 0 Å². The minimum atomic E-state index is -4.49. The minimum Gasteiger partial charge on any atom is -0.219 e. The minimum absolute atomic E-state index is 0.0785. The topological polar surface area (TPSA) is 38.7 Å². The van der Waals surface area contributed by atoms with Gasteiger partial charge in [-0.05, 0) is 13.8 Å². The summed E-state index contributed by atoms with van der Waals surface area (Å²) in [5.41, 5.74) is 0. The van der Waals surface area contributed by atoms with E-state index in [0.29, 0.717) is 0 Å². The third-order valence-corrected chi connectivity index (χ3v) is 1.11. The van der Waals surface area contributed by atoms with Crippen LogP contribution in [-0.2, 0) is 6.18 Å². The predicted octanol–water partition coefficient (Wildman–Crippen LogP) is 1.51. The summed E-state index contributed by atoms with van der Waals surface area (Å²) in [5, 5.41) is 0. The van der Waals surface area contributed by atoms with Crippen molar-refractivity contribution >= 4 is 0 Å². The number of aryl methyl sites for hydroxylation is 2. The zero-order chi connectivity index (χ0) is 9.35. The van der Waals surface area contributed by atoms with Crippen molar-refractivity contribution in [1.29, 1.82) is 0 Å². The first kappa shape index (κ1) is 8.89. The molecule has 1 aromatic heterocycles. The molecule has 0 N–H and O–H groups in total. The van der Waals surface area contributed by atoms with Gasteiger partial charge in [-0.25, -0.2) is 15.0 Å². The lowest BCUT2D eigenvalue weighted by molar-refractivity contribution is -0.145. The summed E-state index contributed by atoms with van der Waals surface area (Å²) >= 11 is 0. The van der Waals surface area contributed by atoms with Gasteiger partial charge in [0.15, 0.2) is 0 Å². The predicted molar refractivity (Wildman–Crippen MR) is 34.3 cm³/mol. The van der Waals surface area contributed by atoms with Crippen LogP contribution in [0, 0.1) is 13.8 Å². The van der Waals surface area contributed by atoms with E-state index in [2.05, 4.69) is 15.0 Å². The largest absolute Gasteiger partial charge is 0.451 e. The van der Waals surface area contributed by atoms with Crippen molar-refractivity contribution in [3.63, 3.8) is 0 Å². The van der Waals surface area contributed by atoms with Gasteiger partial charge in [0, 0.05) is 0 Å². The first-order valence-electron chi connectivity index (χ1n) is 3.16. The first-order chi connectivity index (χ1) is 5.39. The van der Waals surface area contributed by atoms with Crippen LogP contribution in [-0.4, -0.2) is 15.0 Å². The van der Waals surface area contributed by atoms with Gasteiger partial charge in [-0.1, -0.05) is 0 Å². The van der Waals surface area contributed by atoms with Crippen LogP contribution in [0.5, 0.6) is 0 Å². The Morgan fingerprint density at radius 1 is 0.917 bits per heavy atom. The van der Waals surface area contributed by atoms with Crippen LogP contribution in [0.1, 0.15) is 17.5 Å². The number of hydrogen-bond acceptors (Lipinski definition) is 3. The highest BCUT2D eigenvalue weighted by Crippen LogP contribution is 2.25. The average Bonchev–Trinajstić information content (AvgIpc) is 1.82. The quantitative estimate of drug-likeness (QED) is 0.602. The summed E-state index contributed by atoms with van der Waals surface area (Å²) in [5.74, 6) is -0.975. The molecule has 12 heavy (non-hydrogen) atoms. The zero-order valence-electron chi connectivity index (χ0n) is 6.48. The van der Waals surface area contributed by atoms with E-state index >= 15 is 0 Å². The second-order valence-corrected chi connectivity index (χ2v) is 2.25. The summed E-state index contributed by atoms with van der Waals surface area (Å²) in [7, 11) is 0. The number of alkyl halides is 3. The molecule has 0 spiro atoms. The van der Waals surface area contributed by atoms with Gasteiger partial charge in [0.05, 0.1) is 0 Å². The SMILES string of the molecule is Cc1nc(C)nc(C(F)(F)F)n1. The van der Waals surface area contributed by atoms with E-state index in [1.165, 1.54) is 13.8 Å². The molecule has 1 rings (SSSR count). The zero-order valence-corrected chi connectivity index (χ0v) is 6.48. The highest BCUT2D eigenvalue weighted by atomic mass is 19.4. The lowest BCUT2D eigenvalue weighted by Gasteiger charge is -2.04. The molecule has 0 bridgehead atoms. The molecule has 0 saturated heterocycles. The molecule has 6 heteroatoms. The number of halogens is 3. The fourth-order valence-corrected chi connectivity index (χ4v) is 0.742. The maximum Gasteiger partial charge on any atom is 0.451 e. The third kappa shape index (κ3) is 1.90. The molecule has 0 unspecified atom stereocenters. The van der Waals surface area contributed by atoms with E-state index in [4.69, 9.17) is 0 Å². The molecule has 3 nitrogen and oxygen atoms in total. The molecule has 0 aromatic carbocycles. The van der Waals surface area contributed by atoms with Gasteiger partial charge in [0.2, 0.25) is 5.82 Å².